The van der Waals surface area contributed by atoms with Gasteiger partial charge in [0.05, 0.1) is 0 Å². The number of carbonyl (C=O) groups is 1. The monoisotopic (exact) mass is 337 g/mol. The van der Waals surface area contributed by atoms with E-state index in [9.17, 15) is 13.2 Å². The molecule has 0 bridgehead atoms. The molecule has 2 heterocycles. The maximum atomic E-state index is 12.4. The molecule has 0 fully saturated rings. The number of hydrogen-bond donors (Lipinski definition) is 2. The van der Waals surface area contributed by atoms with Gasteiger partial charge in [-0.2, -0.15) is 0 Å². The van der Waals surface area contributed by atoms with Crippen molar-refractivity contribution >= 4 is 45.2 Å². The van der Waals surface area contributed by atoms with Gasteiger partial charge >= 0.3 is 0 Å². The SMILES string of the molecule is Cc1noc(NS(=O)(=O)C2C=CSC2(C)C(N)=O)c1Cl. The molecule has 1 amide bonds. The van der Waals surface area contributed by atoms with Crippen LogP contribution in [0, 0.1) is 6.92 Å². The minimum absolute atomic E-state index is 0.0731. The van der Waals surface area contributed by atoms with Gasteiger partial charge in [-0.25, -0.2) is 13.1 Å². The number of halogens is 1. The van der Waals surface area contributed by atoms with E-state index in [-0.39, 0.29) is 10.9 Å². The Labute approximate surface area is 124 Å². The molecule has 2 rings (SSSR count). The van der Waals surface area contributed by atoms with Crippen molar-refractivity contribution in [1.29, 1.82) is 0 Å². The number of aromatic nitrogens is 1. The van der Waals surface area contributed by atoms with Crippen LogP contribution in [0.5, 0.6) is 0 Å². The van der Waals surface area contributed by atoms with E-state index in [2.05, 4.69) is 9.88 Å². The quantitative estimate of drug-likeness (QED) is 0.854. The molecule has 0 radical (unpaired) electrons. The second-order valence-electron chi connectivity index (χ2n) is 4.40. The summed E-state index contributed by atoms with van der Waals surface area (Å²) in [5.74, 6) is -0.899. The average Bonchev–Trinajstić information content (AvgIpc) is 2.89. The van der Waals surface area contributed by atoms with Crippen LogP contribution in [-0.4, -0.2) is 29.5 Å². The highest BCUT2D eigenvalue weighted by Gasteiger charge is 2.49. The first-order valence-electron chi connectivity index (χ1n) is 5.46. The maximum Gasteiger partial charge on any atom is 0.257 e. The highest BCUT2D eigenvalue weighted by molar-refractivity contribution is 8.06. The van der Waals surface area contributed by atoms with Crippen molar-refractivity contribution < 1.29 is 17.7 Å². The third-order valence-corrected chi connectivity index (χ3v) is 6.56. The summed E-state index contributed by atoms with van der Waals surface area (Å²) in [5, 5.41) is 4.03. The van der Waals surface area contributed by atoms with Crippen LogP contribution in [0.3, 0.4) is 0 Å². The predicted octanol–water partition coefficient (Wildman–Crippen LogP) is 1.25. The summed E-state index contributed by atoms with van der Waals surface area (Å²) < 4.78 is 30.4. The van der Waals surface area contributed by atoms with Crippen LogP contribution in [0.15, 0.2) is 16.0 Å². The number of rotatable bonds is 4. The number of primary amides is 1. The Morgan fingerprint density at radius 1 is 1.65 bits per heavy atom. The van der Waals surface area contributed by atoms with Crippen molar-refractivity contribution in [3.05, 3.63) is 22.2 Å². The fraction of sp³-hybridized carbons (Fsp3) is 0.400. The second-order valence-corrected chi connectivity index (χ2v) is 7.93. The lowest BCUT2D eigenvalue weighted by atomic mass is 10.1. The van der Waals surface area contributed by atoms with Crippen LogP contribution in [-0.2, 0) is 14.8 Å². The molecule has 0 saturated heterocycles. The Kier molecular flexibility index (Phi) is 3.78. The molecule has 7 nitrogen and oxygen atoms in total. The van der Waals surface area contributed by atoms with Gasteiger partial charge in [-0.1, -0.05) is 22.8 Å². The first-order chi connectivity index (χ1) is 9.18. The van der Waals surface area contributed by atoms with Crippen molar-refractivity contribution in [3.8, 4) is 0 Å². The number of thioether (sulfide) groups is 1. The molecule has 1 aliphatic rings. The van der Waals surface area contributed by atoms with Crippen molar-refractivity contribution in [1.82, 2.24) is 5.16 Å². The Morgan fingerprint density at radius 3 is 2.80 bits per heavy atom. The van der Waals surface area contributed by atoms with Gasteiger partial charge in [0.15, 0.2) is 0 Å². The normalized spacial score (nSPS) is 25.9. The minimum Gasteiger partial charge on any atom is -0.368 e. The molecule has 10 heteroatoms. The molecule has 0 saturated carbocycles. The molecule has 110 valence electrons. The van der Waals surface area contributed by atoms with E-state index in [0.29, 0.717) is 5.69 Å². The van der Waals surface area contributed by atoms with Crippen LogP contribution in [0.4, 0.5) is 5.88 Å². The number of carbonyl (C=O) groups excluding carboxylic acids is 1. The van der Waals surface area contributed by atoms with Crippen molar-refractivity contribution in [2.75, 3.05) is 4.72 Å². The lowest BCUT2D eigenvalue weighted by Crippen LogP contribution is -2.50. The third kappa shape index (κ3) is 2.40. The van der Waals surface area contributed by atoms with E-state index in [1.54, 1.807) is 6.92 Å². The Balaban J connectivity index is 2.34. The molecule has 0 aliphatic carbocycles. The number of sulfonamides is 1. The number of hydrogen-bond acceptors (Lipinski definition) is 6. The van der Waals surface area contributed by atoms with Gasteiger partial charge in [0.25, 0.3) is 5.88 Å². The number of nitrogens with zero attached hydrogens (tertiary/aromatic N) is 1. The summed E-state index contributed by atoms with van der Waals surface area (Å²) in [7, 11) is -3.95. The summed E-state index contributed by atoms with van der Waals surface area (Å²) in [5.41, 5.74) is 5.65. The van der Waals surface area contributed by atoms with Crippen molar-refractivity contribution in [2.24, 2.45) is 5.73 Å². The lowest BCUT2D eigenvalue weighted by molar-refractivity contribution is -0.119. The molecular formula is C10H12ClN3O4S2. The highest BCUT2D eigenvalue weighted by Crippen LogP contribution is 2.40. The van der Waals surface area contributed by atoms with Crippen LogP contribution in [0.25, 0.3) is 0 Å². The first kappa shape index (κ1) is 15.2. The van der Waals surface area contributed by atoms with E-state index in [1.165, 1.54) is 18.4 Å². The fourth-order valence-electron chi connectivity index (χ4n) is 1.72. The molecule has 2 atom stereocenters. The molecule has 1 aliphatic heterocycles. The van der Waals surface area contributed by atoms with Gasteiger partial charge in [-0.05, 0) is 19.3 Å². The topological polar surface area (TPSA) is 115 Å². The number of nitrogens with one attached hydrogen (secondary N) is 1. The average molecular weight is 338 g/mol. The summed E-state index contributed by atoms with van der Waals surface area (Å²) >= 11 is 6.91. The highest BCUT2D eigenvalue weighted by atomic mass is 35.5. The standard InChI is InChI=1S/C10H12ClN3O4S2/c1-5-7(11)8(18-13-5)14-20(16,17)6-3-4-19-10(6,2)9(12)15/h3-4,6,14H,1-2H3,(H2,12,15). The van der Waals surface area contributed by atoms with E-state index >= 15 is 0 Å². The van der Waals surface area contributed by atoms with Crippen molar-refractivity contribution in [2.45, 2.75) is 23.8 Å². The fourth-order valence-corrected chi connectivity index (χ4v) is 4.90. The molecule has 3 N–H and O–H groups in total. The van der Waals surface area contributed by atoms with Crippen LogP contribution < -0.4 is 10.5 Å². The molecular weight excluding hydrogens is 326 g/mol. The summed E-state index contributed by atoms with van der Waals surface area (Å²) in [6, 6.07) is 0. The van der Waals surface area contributed by atoms with E-state index < -0.39 is 25.9 Å². The predicted molar refractivity (Wildman–Crippen MR) is 76.9 cm³/mol. The van der Waals surface area contributed by atoms with Crippen LogP contribution in [0.2, 0.25) is 5.02 Å². The largest absolute Gasteiger partial charge is 0.368 e. The summed E-state index contributed by atoms with van der Waals surface area (Å²) in [4.78, 5) is 11.5. The van der Waals surface area contributed by atoms with Crippen molar-refractivity contribution in [3.63, 3.8) is 0 Å². The second kappa shape index (κ2) is 4.97. The van der Waals surface area contributed by atoms with Gasteiger partial charge in [0.2, 0.25) is 15.9 Å². The number of aryl methyl sites for hydroxylation is 1. The Hall–Kier alpha value is -1.19. The zero-order valence-electron chi connectivity index (χ0n) is 10.6. The zero-order chi connectivity index (χ0) is 15.1. The molecule has 1 aromatic rings. The van der Waals surface area contributed by atoms with E-state index in [1.807, 2.05) is 0 Å². The number of nitrogens with two attached hydrogens (primary N) is 1. The van der Waals surface area contributed by atoms with Gasteiger partial charge in [-0.15, -0.1) is 11.8 Å². The van der Waals surface area contributed by atoms with Gasteiger partial charge < -0.3 is 10.3 Å². The molecule has 20 heavy (non-hydrogen) atoms. The van der Waals surface area contributed by atoms with E-state index in [4.69, 9.17) is 21.9 Å². The van der Waals surface area contributed by atoms with Gasteiger partial charge in [0.1, 0.15) is 20.7 Å². The van der Waals surface area contributed by atoms with E-state index in [0.717, 1.165) is 11.8 Å². The zero-order valence-corrected chi connectivity index (χ0v) is 13.0. The number of anilines is 1. The van der Waals surface area contributed by atoms with Gasteiger partial charge in [-0.3, -0.25) is 4.79 Å². The smallest absolute Gasteiger partial charge is 0.257 e. The molecule has 0 aromatic carbocycles. The molecule has 2 unspecified atom stereocenters. The minimum atomic E-state index is -3.95. The van der Waals surface area contributed by atoms with Gasteiger partial charge in [0, 0.05) is 0 Å². The summed E-state index contributed by atoms with van der Waals surface area (Å²) in [6.07, 6.45) is 1.40. The van der Waals surface area contributed by atoms with Crippen LogP contribution >= 0.6 is 23.4 Å². The van der Waals surface area contributed by atoms with Crippen LogP contribution in [0.1, 0.15) is 12.6 Å². The number of amides is 1. The summed E-state index contributed by atoms with van der Waals surface area (Å²) in [6.45, 7) is 3.04. The molecule has 1 aromatic heterocycles. The molecule has 0 spiro atoms. The first-order valence-corrected chi connectivity index (χ1v) is 8.26. The third-order valence-electron chi connectivity index (χ3n) is 2.96. The Bertz CT molecular complexity index is 685. The maximum absolute atomic E-state index is 12.4. The lowest BCUT2D eigenvalue weighted by Gasteiger charge is -2.26. The Morgan fingerprint density at radius 2 is 2.30 bits per heavy atom.